The van der Waals surface area contributed by atoms with E-state index >= 15 is 0 Å². The van der Waals surface area contributed by atoms with Crippen molar-refractivity contribution in [3.05, 3.63) is 54.1 Å². The van der Waals surface area contributed by atoms with Gasteiger partial charge in [0.05, 0.1) is 19.9 Å². The van der Waals surface area contributed by atoms with Crippen LogP contribution in [0.4, 0.5) is 10.5 Å². The predicted molar refractivity (Wildman–Crippen MR) is 86.7 cm³/mol. The minimum atomic E-state index is -0.257. The molecule has 0 unspecified atom stereocenters. The third-order valence-electron chi connectivity index (χ3n) is 3.19. The molecule has 0 aromatic heterocycles. The molecule has 116 valence electrons. The van der Waals surface area contributed by atoms with Crippen molar-refractivity contribution in [1.82, 2.24) is 5.32 Å². The van der Waals surface area contributed by atoms with Crippen molar-refractivity contribution in [1.29, 1.82) is 0 Å². The number of carbonyl (C=O) groups excluding carboxylic acids is 1. The first-order chi connectivity index (χ1) is 10.7. The number of methoxy groups -OCH3 is 2. The molecule has 22 heavy (non-hydrogen) atoms. The molecule has 0 aliphatic rings. The minimum absolute atomic E-state index is 0.257. The van der Waals surface area contributed by atoms with Crippen LogP contribution in [-0.4, -0.2) is 26.8 Å². The van der Waals surface area contributed by atoms with Crippen molar-refractivity contribution in [2.75, 3.05) is 26.1 Å². The number of para-hydroxylation sites is 2. The highest BCUT2D eigenvalue weighted by atomic mass is 16.5. The van der Waals surface area contributed by atoms with E-state index in [1.54, 1.807) is 26.4 Å². The van der Waals surface area contributed by atoms with Gasteiger partial charge in [-0.15, -0.1) is 0 Å². The first-order valence-electron chi connectivity index (χ1n) is 7.03. The molecule has 2 rings (SSSR count). The smallest absolute Gasteiger partial charge is 0.319 e. The molecule has 0 fully saturated rings. The third kappa shape index (κ3) is 4.41. The van der Waals surface area contributed by atoms with Crippen LogP contribution in [0.25, 0.3) is 0 Å². The Morgan fingerprint density at radius 1 is 1.05 bits per heavy atom. The van der Waals surface area contributed by atoms with E-state index in [0.29, 0.717) is 18.0 Å². The fourth-order valence-corrected chi connectivity index (χ4v) is 2.06. The van der Waals surface area contributed by atoms with Gasteiger partial charge in [-0.1, -0.05) is 24.3 Å². The van der Waals surface area contributed by atoms with Gasteiger partial charge in [0.25, 0.3) is 0 Å². The van der Waals surface area contributed by atoms with Crippen LogP contribution in [0.3, 0.4) is 0 Å². The van der Waals surface area contributed by atoms with E-state index in [-0.39, 0.29) is 6.03 Å². The second kappa shape index (κ2) is 7.93. The Balaban J connectivity index is 1.82. The van der Waals surface area contributed by atoms with Gasteiger partial charge < -0.3 is 20.1 Å². The molecule has 0 aliphatic carbocycles. The summed E-state index contributed by atoms with van der Waals surface area (Å²) < 4.78 is 10.4. The van der Waals surface area contributed by atoms with E-state index < -0.39 is 0 Å². The maximum Gasteiger partial charge on any atom is 0.319 e. The molecule has 0 saturated carbocycles. The number of carbonyl (C=O) groups is 1. The van der Waals surface area contributed by atoms with Gasteiger partial charge in [0.1, 0.15) is 11.5 Å². The number of benzene rings is 2. The number of rotatable bonds is 6. The highest BCUT2D eigenvalue weighted by molar-refractivity contribution is 5.90. The number of amides is 2. The van der Waals surface area contributed by atoms with Crippen LogP contribution in [0.5, 0.6) is 11.5 Å². The number of anilines is 1. The van der Waals surface area contributed by atoms with Gasteiger partial charge in [-0.05, 0) is 36.2 Å². The van der Waals surface area contributed by atoms with Crippen LogP contribution in [0.15, 0.2) is 48.5 Å². The van der Waals surface area contributed by atoms with Gasteiger partial charge in [-0.25, -0.2) is 4.79 Å². The van der Waals surface area contributed by atoms with Crippen molar-refractivity contribution < 1.29 is 14.3 Å². The summed E-state index contributed by atoms with van der Waals surface area (Å²) in [5.74, 6) is 1.45. The van der Waals surface area contributed by atoms with Crippen LogP contribution < -0.4 is 20.1 Å². The SMILES string of the molecule is COc1cccc(CCNC(=O)Nc2ccccc2OC)c1. The van der Waals surface area contributed by atoms with E-state index in [1.165, 1.54) is 0 Å². The second-order valence-corrected chi connectivity index (χ2v) is 4.68. The molecule has 2 aromatic carbocycles. The molecule has 2 N–H and O–H groups in total. The zero-order chi connectivity index (χ0) is 15.8. The average Bonchev–Trinajstić information content (AvgIpc) is 2.55. The standard InChI is InChI=1S/C17H20N2O3/c1-21-14-7-5-6-13(12-14)10-11-18-17(20)19-15-8-3-4-9-16(15)22-2/h3-9,12H,10-11H2,1-2H3,(H2,18,19,20). The molecule has 5 nitrogen and oxygen atoms in total. The summed E-state index contributed by atoms with van der Waals surface area (Å²) in [6.07, 6.45) is 0.733. The van der Waals surface area contributed by atoms with Gasteiger partial charge in [-0.3, -0.25) is 0 Å². The zero-order valence-electron chi connectivity index (χ0n) is 12.8. The lowest BCUT2D eigenvalue weighted by Crippen LogP contribution is -2.30. The summed E-state index contributed by atoms with van der Waals surface area (Å²) in [4.78, 5) is 11.9. The number of ether oxygens (including phenoxy) is 2. The lowest BCUT2D eigenvalue weighted by atomic mass is 10.1. The maximum absolute atomic E-state index is 11.9. The molecule has 2 aromatic rings. The van der Waals surface area contributed by atoms with Crippen molar-refractivity contribution >= 4 is 11.7 Å². The van der Waals surface area contributed by atoms with Crippen LogP contribution in [0.1, 0.15) is 5.56 Å². The van der Waals surface area contributed by atoms with Crippen LogP contribution in [0, 0.1) is 0 Å². The second-order valence-electron chi connectivity index (χ2n) is 4.68. The largest absolute Gasteiger partial charge is 0.497 e. The quantitative estimate of drug-likeness (QED) is 0.862. The molecule has 0 spiro atoms. The van der Waals surface area contributed by atoms with E-state index in [0.717, 1.165) is 17.7 Å². The fraction of sp³-hybridized carbons (Fsp3) is 0.235. The number of hydrogen-bond donors (Lipinski definition) is 2. The number of hydrogen-bond acceptors (Lipinski definition) is 3. The van der Waals surface area contributed by atoms with Gasteiger partial charge in [0, 0.05) is 6.54 Å². The van der Waals surface area contributed by atoms with Crippen LogP contribution in [-0.2, 0) is 6.42 Å². The number of nitrogens with one attached hydrogen (secondary N) is 2. The summed E-state index contributed by atoms with van der Waals surface area (Å²) in [7, 11) is 3.21. The molecule has 0 radical (unpaired) electrons. The molecule has 5 heteroatoms. The highest BCUT2D eigenvalue weighted by Crippen LogP contribution is 2.22. The normalized spacial score (nSPS) is 9.91. The maximum atomic E-state index is 11.9. The predicted octanol–water partition coefficient (Wildman–Crippen LogP) is 3.07. The van der Waals surface area contributed by atoms with Gasteiger partial charge in [0.15, 0.2) is 0 Å². The van der Waals surface area contributed by atoms with Crippen molar-refractivity contribution in [2.45, 2.75) is 6.42 Å². The van der Waals surface area contributed by atoms with Crippen molar-refractivity contribution in [3.8, 4) is 11.5 Å². The van der Waals surface area contributed by atoms with Crippen molar-refractivity contribution in [2.24, 2.45) is 0 Å². The third-order valence-corrected chi connectivity index (χ3v) is 3.19. The van der Waals surface area contributed by atoms with Crippen LogP contribution >= 0.6 is 0 Å². The van der Waals surface area contributed by atoms with Gasteiger partial charge >= 0.3 is 6.03 Å². The topological polar surface area (TPSA) is 59.6 Å². The molecular formula is C17H20N2O3. The van der Waals surface area contributed by atoms with E-state index in [1.807, 2.05) is 36.4 Å². The first kappa shape index (κ1) is 15.7. The zero-order valence-corrected chi connectivity index (χ0v) is 12.8. The summed E-state index contributed by atoms with van der Waals surface area (Å²) in [5.41, 5.74) is 1.75. The average molecular weight is 300 g/mol. The Morgan fingerprint density at radius 3 is 2.64 bits per heavy atom. The Hall–Kier alpha value is -2.69. The summed E-state index contributed by atoms with van der Waals surface area (Å²) in [6.45, 7) is 0.536. The molecule has 2 amide bonds. The molecule has 0 atom stereocenters. The van der Waals surface area contributed by atoms with Crippen LogP contribution in [0.2, 0.25) is 0 Å². The van der Waals surface area contributed by atoms with Crippen molar-refractivity contribution in [3.63, 3.8) is 0 Å². The highest BCUT2D eigenvalue weighted by Gasteiger charge is 2.06. The molecule has 0 bridgehead atoms. The van der Waals surface area contributed by atoms with Gasteiger partial charge in [0.2, 0.25) is 0 Å². The van der Waals surface area contributed by atoms with E-state index in [4.69, 9.17) is 9.47 Å². The first-order valence-corrected chi connectivity index (χ1v) is 7.03. The lowest BCUT2D eigenvalue weighted by Gasteiger charge is -2.11. The summed E-state index contributed by atoms with van der Waals surface area (Å²) in [6, 6.07) is 14.8. The lowest BCUT2D eigenvalue weighted by molar-refractivity contribution is 0.252. The Labute approximate surface area is 130 Å². The Morgan fingerprint density at radius 2 is 1.86 bits per heavy atom. The van der Waals surface area contributed by atoms with E-state index in [9.17, 15) is 4.79 Å². The minimum Gasteiger partial charge on any atom is -0.497 e. The monoisotopic (exact) mass is 300 g/mol. The fourth-order valence-electron chi connectivity index (χ4n) is 2.06. The Bertz CT molecular complexity index is 629. The summed E-state index contributed by atoms with van der Waals surface area (Å²) in [5, 5.41) is 5.59. The molecule has 0 heterocycles. The van der Waals surface area contributed by atoms with Gasteiger partial charge in [-0.2, -0.15) is 0 Å². The number of urea groups is 1. The van der Waals surface area contributed by atoms with E-state index in [2.05, 4.69) is 10.6 Å². The summed E-state index contributed by atoms with van der Waals surface area (Å²) >= 11 is 0. The molecular weight excluding hydrogens is 280 g/mol. The molecule has 0 saturated heterocycles. The Kier molecular flexibility index (Phi) is 5.65. The molecule has 0 aliphatic heterocycles.